The van der Waals surface area contributed by atoms with E-state index in [1.807, 2.05) is 0 Å². The number of carboxylic acid groups (broad SMARTS) is 2. The van der Waals surface area contributed by atoms with Crippen LogP contribution in [0.25, 0.3) is 0 Å². The lowest BCUT2D eigenvalue weighted by Crippen LogP contribution is -2.22. The van der Waals surface area contributed by atoms with Gasteiger partial charge in [-0.05, 0) is 25.7 Å². The van der Waals surface area contributed by atoms with Crippen LogP contribution in [0.1, 0.15) is 39.5 Å². The van der Waals surface area contributed by atoms with Crippen LogP contribution in [-0.2, 0) is 19.2 Å². The van der Waals surface area contributed by atoms with Crippen molar-refractivity contribution in [3.63, 3.8) is 0 Å². The van der Waals surface area contributed by atoms with E-state index in [9.17, 15) is 19.2 Å². The summed E-state index contributed by atoms with van der Waals surface area (Å²) in [6.07, 6.45) is 0.780. The molecule has 8 nitrogen and oxygen atoms in total. The average molecular weight is 314 g/mol. The predicted octanol–water partition coefficient (Wildman–Crippen LogP) is 0.285. The van der Waals surface area contributed by atoms with Crippen LogP contribution in [0.5, 0.6) is 0 Å². The minimum atomic E-state index is -1.28. The Balaban J connectivity index is 4.75. The van der Waals surface area contributed by atoms with E-state index in [0.717, 1.165) is 0 Å². The highest BCUT2D eigenvalue weighted by molar-refractivity contribution is 5.98. The van der Waals surface area contributed by atoms with Gasteiger partial charge in [-0.3, -0.25) is 9.59 Å². The highest BCUT2D eigenvalue weighted by Gasteiger charge is 2.19. The summed E-state index contributed by atoms with van der Waals surface area (Å²) in [7, 11) is 0. The van der Waals surface area contributed by atoms with Gasteiger partial charge in [-0.2, -0.15) is 0 Å². The molecule has 0 spiro atoms. The number of hydrogen-bond acceptors (Lipinski definition) is 4. The minimum absolute atomic E-state index is 0.0530. The third-order valence-corrected chi connectivity index (χ3v) is 2.84. The zero-order valence-corrected chi connectivity index (χ0v) is 12.8. The normalized spacial score (nSPS) is 11.4. The predicted molar refractivity (Wildman–Crippen MR) is 78.1 cm³/mol. The second-order valence-corrected chi connectivity index (χ2v) is 4.74. The van der Waals surface area contributed by atoms with Crippen LogP contribution in [0, 0.1) is 0 Å². The largest absolute Gasteiger partial charge is 0.478 e. The lowest BCUT2D eigenvalue weighted by atomic mass is 9.99. The molecule has 0 fully saturated rings. The molecular formula is C14H22N2O6. The molecule has 0 aromatic carbocycles. The van der Waals surface area contributed by atoms with Gasteiger partial charge >= 0.3 is 11.9 Å². The van der Waals surface area contributed by atoms with Gasteiger partial charge in [0.15, 0.2) is 0 Å². The van der Waals surface area contributed by atoms with Crippen LogP contribution < -0.4 is 10.6 Å². The number of aliphatic carboxylic acids is 2. The highest BCUT2D eigenvalue weighted by Crippen LogP contribution is 2.17. The molecule has 0 unspecified atom stereocenters. The monoisotopic (exact) mass is 314 g/mol. The smallest absolute Gasteiger partial charge is 0.332 e. The fourth-order valence-electron chi connectivity index (χ4n) is 1.83. The van der Waals surface area contributed by atoms with Crippen LogP contribution in [0.3, 0.4) is 0 Å². The zero-order chi connectivity index (χ0) is 17.1. The first-order valence-corrected chi connectivity index (χ1v) is 6.93. The van der Waals surface area contributed by atoms with Crippen molar-refractivity contribution in [2.75, 3.05) is 13.1 Å². The van der Waals surface area contributed by atoms with Crippen molar-refractivity contribution in [1.82, 2.24) is 10.6 Å². The van der Waals surface area contributed by atoms with Crippen molar-refractivity contribution >= 4 is 23.8 Å². The molecule has 4 N–H and O–H groups in total. The van der Waals surface area contributed by atoms with Crippen LogP contribution in [-0.4, -0.2) is 47.1 Å². The van der Waals surface area contributed by atoms with Gasteiger partial charge in [0.25, 0.3) is 0 Å². The van der Waals surface area contributed by atoms with Gasteiger partial charge in [0, 0.05) is 38.1 Å². The lowest BCUT2D eigenvalue weighted by molar-refractivity contribution is -0.136. The molecule has 22 heavy (non-hydrogen) atoms. The molecule has 0 atom stereocenters. The second-order valence-electron chi connectivity index (χ2n) is 4.74. The molecule has 8 heteroatoms. The Morgan fingerprint density at radius 1 is 0.727 bits per heavy atom. The first-order chi connectivity index (χ1) is 10.3. The van der Waals surface area contributed by atoms with Gasteiger partial charge in [-0.1, -0.05) is 0 Å². The lowest BCUT2D eigenvalue weighted by Gasteiger charge is -2.10. The van der Waals surface area contributed by atoms with E-state index in [0.29, 0.717) is 12.8 Å². The molecule has 0 aromatic heterocycles. The Morgan fingerprint density at radius 3 is 1.27 bits per heavy atom. The first-order valence-electron chi connectivity index (χ1n) is 6.93. The van der Waals surface area contributed by atoms with E-state index in [1.54, 1.807) is 0 Å². The molecule has 124 valence electrons. The molecule has 0 aliphatic heterocycles. The van der Waals surface area contributed by atoms with Crippen molar-refractivity contribution in [1.29, 1.82) is 0 Å². The van der Waals surface area contributed by atoms with Crippen LogP contribution >= 0.6 is 0 Å². The Hall–Kier alpha value is -2.38. The number of amides is 2. The minimum Gasteiger partial charge on any atom is -0.478 e. The molecular weight excluding hydrogens is 292 g/mol. The fraction of sp³-hybridized carbons (Fsp3) is 0.571. The van der Waals surface area contributed by atoms with Crippen molar-refractivity contribution in [3.8, 4) is 0 Å². The Bertz CT molecular complexity index is 428. The van der Waals surface area contributed by atoms with Crippen LogP contribution in [0.2, 0.25) is 0 Å². The van der Waals surface area contributed by atoms with E-state index < -0.39 is 11.9 Å². The highest BCUT2D eigenvalue weighted by atomic mass is 16.4. The van der Waals surface area contributed by atoms with Crippen LogP contribution in [0.15, 0.2) is 11.1 Å². The van der Waals surface area contributed by atoms with E-state index in [-0.39, 0.29) is 48.9 Å². The standard InChI is InChI=1S/C14H22N2O6/c1-9(17)15-7-3-5-11(13(19)20)12(14(21)22)6-4-8-16-10(2)18/h3-8H2,1-2H3,(H,15,17)(H,16,18)(H,19,20)(H,21,22). The van der Waals surface area contributed by atoms with Gasteiger partial charge in [0.1, 0.15) is 0 Å². The van der Waals surface area contributed by atoms with Gasteiger partial charge in [-0.15, -0.1) is 0 Å². The third kappa shape index (κ3) is 8.72. The van der Waals surface area contributed by atoms with E-state index in [2.05, 4.69) is 10.6 Å². The fourth-order valence-corrected chi connectivity index (χ4v) is 1.83. The summed E-state index contributed by atoms with van der Waals surface area (Å²) in [4.78, 5) is 43.9. The summed E-state index contributed by atoms with van der Waals surface area (Å²) in [6.45, 7) is 3.26. The number of carbonyl (C=O) groups excluding carboxylic acids is 2. The van der Waals surface area contributed by atoms with E-state index in [4.69, 9.17) is 10.2 Å². The molecule has 0 rings (SSSR count). The summed E-state index contributed by atoms with van der Waals surface area (Å²) in [5.41, 5.74) is -0.332. The van der Waals surface area contributed by atoms with Crippen molar-refractivity contribution in [2.24, 2.45) is 0 Å². The van der Waals surface area contributed by atoms with Gasteiger partial charge in [0.2, 0.25) is 11.8 Å². The summed E-state index contributed by atoms with van der Waals surface area (Å²) < 4.78 is 0. The molecule has 2 amide bonds. The average Bonchev–Trinajstić information content (AvgIpc) is 2.38. The maximum absolute atomic E-state index is 11.2. The SMILES string of the molecule is CC(=O)NCCCC(C(=O)O)=C(CCCNC(C)=O)C(=O)O. The molecule has 0 bridgehead atoms. The van der Waals surface area contributed by atoms with Gasteiger partial charge in [0.05, 0.1) is 0 Å². The number of carboxylic acids is 2. The first kappa shape index (κ1) is 19.6. The van der Waals surface area contributed by atoms with Gasteiger partial charge in [-0.25, -0.2) is 9.59 Å². The maximum Gasteiger partial charge on any atom is 0.332 e. The molecule has 0 heterocycles. The van der Waals surface area contributed by atoms with Crippen molar-refractivity contribution < 1.29 is 29.4 Å². The van der Waals surface area contributed by atoms with Crippen LogP contribution in [0.4, 0.5) is 0 Å². The van der Waals surface area contributed by atoms with Crippen molar-refractivity contribution in [2.45, 2.75) is 39.5 Å². The topological polar surface area (TPSA) is 133 Å². The Kier molecular flexibility index (Phi) is 9.24. The number of carbonyl (C=O) groups is 4. The summed E-state index contributed by atoms with van der Waals surface area (Å²) in [5, 5.41) is 23.4. The molecule has 0 aliphatic carbocycles. The number of hydrogen-bond donors (Lipinski definition) is 4. The number of rotatable bonds is 10. The third-order valence-electron chi connectivity index (χ3n) is 2.84. The summed E-state index contributed by atoms with van der Waals surface area (Å²) >= 11 is 0. The maximum atomic E-state index is 11.2. The zero-order valence-electron chi connectivity index (χ0n) is 12.8. The van der Waals surface area contributed by atoms with Gasteiger partial charge < -0.3 is 20.8 Å². The molecule has 0 radical (unpaired) electrons. The number of nitrogens with one attached hydrogen (secondary N) is 2. The molecule has 0 saturated carbocycles. The second kappa shape index (κ2) is 10.4. The molecule has 0 aliphatic rings. The quantitative estimate of drug-likeness (QED) is 0.338. The van der Waals surface area contributed by atoms with Crippen molar-refractivity contribution in [3.05, 3.63) is 11.1 Å². The van der Waals surface area contributed by atoms with E-state index in [1.165, 1.54) is 13.8 Å². The Labute approximate surface area is 128 Å². The molecule has 0 aromatic rings. The Morgan fingerprint density at radius 2 is 1.05 bits per heavy atom. The molecule has 0 saturated heterocycles. The van der Waals surface area contributed by atoms with E-state index >= 15 is 0 Å². The summed E-state index contributed by atoms with van der Waals surface area (Å²) in [5.74, 6) is -3.01. The summed E-state index contributed by atoms with van der Waals surface area (Å²) in [6, 6.07) is 0.